The fourth-order valence-corrected chi connectivity index (χ4v) is 9.47. The van der Waals surface area contributed by atoms with E-state index in [1.165, 1.54) is 69.8 Å². The van der Waals surface area contributed by atoms with E-state index in [1.54, 1.807) is 0 Å². The van der Waals surface area contributed by atoms with E-state index < -0.39 is 5.60 Å². The van der Waals surface area contributed by atoms with Crippen LogP contribution >= 0.6 is 12.4 Å². The Kier molecular flexibility index (Phi) is 5.45. The predicted molar refractivity (Wildman–Crippen MR) is 125 cm³/mol. The number of hydrogen-bond donors (Lipinski definition) is 1. The van der Waals surface area contributed by atoms with Gasteiger partial charge < -0.3 is 10.1 Å². The normalized spacial score (nSPS) is 43.8. The van der Waals surface area contributed by atoms with Crippen LogP contribution in [0.1, 0.15) is 76.2 Å². The molecule has 1 aromatic carbocycles. The van der Waals surface area contributed by atoms with Crippen molar-refractivity contribution in [3.05, 3.63) is 35.9 Å². The summed E-state index contributed by atoms with van der Waals surface area (Å²) in [6.07, 6.45) is 14.8. The predicted octanol–water partition coefficient (Wildman–Crippen LogP) is 5.86. The minimum Gasteiger partial charge on any atom is -0.453 e. The van der Waals surface area contributed by atoms with Gasteiger partial charge in [-0.25, -0.2) is 0 Å². The third kappa shape index (κ3) is 3.13. The second-order valence-corrected chi connectivity index (χ2v) is 11.7. The maximum Gasteiger partial charge on any atom is 0.311 e. The van der Waals surface area contributed by atoms with Crippen LogP contribution in [0.2, 0.25) is 0 Å². The lowest BCUT2D eigenvalue weighted by atomic mass is 9.38. The Bertz CT molecular complexity index is 806. The van der Waals surface area contributed by atoms with E-state index in [4.69, 9.17) is 4.74 Å². The Morgan fingerprint density at radius 1 is 1.00 bits per heavy atom. The molecule has 4 heteroatoms. The van der Waals surface area contributed by atoms with Crippen molar-refractivity contribution in [2.75, 3.05) is 13.6 Å². The molecule has 7 rings (SSSR count). The lowest BCUT2D eigenvalue weighted by Crippen LogP contribution is -2.61. The first-order chi connectivity index (χ1) is 14.6. The summed E-state index contributed by atoms with van der Waals surface area (Å²) in [5.74, 6) is 2.61. The second kappa shape index (κ2) is 7.76. The number of carbonyl (C=O) groups is 1. The molecule has 4 atom stereocenters. The molecule has 6 aliphatic rings. The van der Waals surface area contributed by atoms with E-state index >= 15 is 0 Å². The van der Waals surface area contributed by atoms with Crippen LogP contribution < -0.4 is 5.32 Å². The molecule has 170 valence electrons. The summed E-state index contributed by atoms with van der Waals surface area (Å²) in [5.41, 5.74) is 1.50. The highest BCUT2D eigenvalue weighted by atomic mass is 35.5. The molecule has 4 unspecified atom stereocenters. The Hall–Kier alpha value is -1.06. The fourth-order valence-electron chi connectivity index (χ4n) is 9.47. The van der Waals surface area contributed by atoms with Gasteiger partial charge in [-0.3, -0.25) is 4.79 Å². The SMILES string of the molecule is CNCC1CC(c2ccccc2)(C23CC4CC(CC(C5CCCC5)(C4)C2)C3)OC1=O.Cl. The van der Waals surface area contributed by atoms with Crippen molar-refractivity contribution in [1.29, 1.82) is 0 Å². The summed E-state index contributed by atoms with van der Waals surface area (Å²) >= 11 is 0. The zero-order valence-electron chi connectivity index (χ0n) is 18.9. The summed E-state index contributed by atoms with van der Waals surface area (Å²) in [5, 5.41) is 3.25. The van der Waals surface area contributed by atoms with Gasteiger partial charge in [0, 0.05) is 18.4 Å². The number of benzene rings is 1. The molecule has 31 heavy (non-hydrogen) atoms. The van der Waals surface area contributed by atoms with Crippen molar-refractivity contribution in [1.82, 2.24) is 5.32 Å². The maximum atomic E-state index is 13.1. The smallest absolute Gasteiger partial charge is 0.311 e. The number of nitrogens with one attached hydrogen (secondary N) is 1. The van der Waals surface area contributed by atoms with Crippen LogP contribution in [0, 0.1) is 34.5 Å². The van der Waals surface area contributed by atoms with Crippen LogP contribution in [-0.4, -0.2) is 19.6 Å². The lowest BCUT2D eigenvalue weighted by Gasteiger charge is -2.67. The Morgan fingerprint density at radius 2 is 1.68 bits per heavy atom. The van der Waals surface area contributed by atoms with Gasteiger partial charge in [0.05, 0.1) is 5.92 Å². The average Bonchev–Trinajstić information content (AvgIpc) is 3.38. The molecule has 1 aromatic rings. The zero-order valence-corrected chi connectivity index (χ0v) is 19.7. The van der Waals surface area contributed by atoms with E-state index in [2.05, 4.69) is 35.6 Å². The van der Waals surface area contributed by atoms with Crippen molar-refractivity contribution >= 4 is 18.4 Å². The van der Waals surface area contributed by atoms with Gasteiger partial charge >= 0.3 is 5.97 Å². The highest BCUT2D eigenvalue weighted by Gasteiger charge is 2.69. The minimum atomic E-state index is -0.422. The number of ether oxygens (including phenoxy) is 1. The van der Waals surface area contributed by atoms with Gasteiger partial charge in [0.2, 0.25) is 0 Å². The third-order valence-electron chi connectivity index (χ3n) is 10.0. The van der Waals surface area contributed by atoms with Crippen LogP contribution in [-0.2, 0) is 15.1 Å². The molecular formula is C27H38ClNO2. The van der Waals surface area contributed by atoms with Gasteiger partial charge in [-0.2, -0.15) is 0 Å². The topological polar surface area (TPSA) is 38.3 Å². The van der Waals surface area contributed by atoms with Crippen LogP contribution in [0.25, 0.3) is 0 Å². The number of cyclic esters (lactones) is 1. The Labute approximate surface area is 193 Å². The van der Waals surface area contributed by atoms with Crippen molar-refractivity contribution in [2.24, 2.45) is 34.5 Å². The number of carbonyl (C=O) groups excluding carboxylic acids is 1. The molecule has 3 nitrogen and oxygen atoms in total. The molecule has 4 bridgehead atoms. The minimum absolute atomic E-state index is 0. The molecule has 1 N–H and O–H groups in total. The number of esters is 1. The number of rotatable bonds is 5. The van der Waals surface area contributed by atoms with Crippen molar-refractivity contribution < 1.29 is 9.53 Å². The first kappa shape index (κ1) is 21.8. The molecule has 1 aliphatic heterocycles. The Balaban J connectivity index is 0.00000204. The first-order valence-electron chi connectivity index (χ1n) is 12.5. The summed E-state index contributed by atoms with van der Waals surface area (Å²) < 4.78 is 6.61. The van der Waals surface area contributed by atoms with Crippen LogP contribution in [0.4, 0.5) is 0 Å². The third-order valence-corrected chi connectivity index (χ3v) is 10.0. The maximum absolute atomic E-state index is 13.1. The van der Waals surface area contributed by atoms with Gasteiger partial charge in [0.1, 0.15) is 5.60 Å². The standard InChI is InChI=1S/C27H37NO2.ClH/c1-28-17-21-16-27(30-24(21)29,23-9-3-2-4-10-23)26-14-19-11-20(15-26)13-25(12-19,18-26)22-7-5-6-8-22;/h2-4,9-10,19-22,28H,5-8,11-18H2,1H3;1H. The fraction of sp³-hybridized carbons (Fsp3) is 0.741. The van der Waals surface area contributed by atoms with Crippen molar-refractivity contribution in [3.63, 3.8) is 0 Å². The van der Waals surface area contributed by atoms with Crippen molar-refractivity contribution in [2.45, 2.75) is 76.2 Å². The average molecular weight is 444 g/mol. The largest absolute Gasteiger partial charge is 0.453 e. The lowest BCUT2D eigenvalue weighted by molar-refractivity contribution is -0.225. The molecule has 5 aliphatic carbocycles. The molecule has 0 aromatic heterocycles. The summed E-state index contributed by atoms with van der Waals surface area (Å²) in [6.45, 7) is 0.726. The highest BCUT2D eigenvalue weighted by Crippen LogP contribution is 2.74. The van der Waals surface area contributed by atoms with Gasteiger partial charge in [0.15, 0.2) is 0 Å². The van der Waals surface area contributed by atoms with E-state index in [0.717, 1.165) is 30.7 Å². The summed E-state index contributed by atoms with van der Waals surface area (Å²) in [6, 6.07) is 10.9. The monoisotopic (exact) mass is 443 g/mol. The molecule has 0 radical (unpaired) electrons. The van der Waals surface area contributed by atoms with E-state index in [1.807, 2.05) is 7.05 Å². The molecule has 1 saturated heterocycles. The Morgan fingerprint density at radius 3 is 2.32 bits per heavy atom. The molecule has 0 amide bonds. The van der Waals surface area contributed by atoms with Crippen molar-refractivity contribution in [3.8, 4) is 0 Å². The van der Waals surface area contributed by atoms with E-state index in [9.17, 15) is 4.79 Å². The van der Waals surface area contributed by atoms with Gasteiger partial charge in [-0.05, 0) is 87.1 Å². The number of hydrogen-bond acceptors (Lipinski definition) is 3. The van der Waals surface area contributed by atoms with Gasteiger partial charge in [-0.1, -0.05) is 43.2 Å². The summed E-state index contributed by atoms with van der Waals surface area (Å²) in [4.78, 5) is 13.1. The first-order valence-corrected chi connectivity index (χ1v) is 12.5. The molecule has 6 fully saturated rings. The van der Waals surface area contributed by atoms with Crippen LogP contribution in [0.3, 0.4) is 0 Å². The quantitative estimate of drug-likeness (QED) is 0.579. The zero-order chi connectivity index (χ0) is 20.4. The van der Waals surface area contributed by atoms with E-state index in [0.29, 0.717) is 5.41 Å². The molecule has 5 saturated carbocycles. The van der Waals surface area contributed by atoms with E-state index in [-0.39, 0.29) is 29.7 Å². The van der Waals surface area contributed by atoms with Gasteiger partial charge in [0.25, 0.3) is 0 Å². The van der Waals surface area contributed by atoms with Crippen LogP contribution in [0.15, 0.2) is 30.3 Å². The highest BCUT2D eigenvalue weighted by molar-refractivity contribution is 5.85. The summed E-state index contributed by atoms with van der Waals surface area (Å²) in [7, 11) is 1.95. The second-order valence-electron chi connectivity index (χ2n) is 11.7. The van der Waals surface area contributed by atoms with Gasteiger partial charge in [-0.15, -0.1) is 12.4 Å². The van der Waals surface area contributed by atoms with Crippen LogP contribution in [0.5, 0.6) is 0 Å². The molecular weight excluding hydrogens is 406 g/mol. The number of halogens is 1. The molecule has 0 spiro atoms. The molecule has 1 heterocycles.